The SMILES string of the molecule is CCCCc1ccc(C(=O)N(CC(=O)Nc2cc(C(C)(C)C)nn2-c2ccccc2C)Cc2ccccc2)cc1. The van der Waals surface area contributed by atoms with Crippen LogP contribution in [0.5, 0.6) is 0 Å². The molecule has 3 aromatic carbocycles. The molecule has 0 radical (unpaired) electrons. The third kappa shape index (κ3) is 7.26. The molecule has 0 bridgehead atoms. The molecule has 0 unspecified atom stereocenters. The number of amides is 2. The number of carbonyl (C=O) groups is 2. The normalized spacial score (nSPS) is 11.3. The van der Waals surface area contributed by atoms with Crippen molar-refractivity contribution >= 4 is 17.6 Å². The van der Waals surface area contributed by atoms with Gasteiger partial charge in [-0.3, -0.25) is 9.59 Å². The van der Waals surface area contributed by atoms with E-state index in [0.717, 1.165) is 41.8 Å². The first kappa shape index (κ1) is 28.8. The van der Waals surface area contributed by atoms with Crippen molar-refractivity contribution in [1.82, 2.24) is 14.7 Å². The van der Waals surface area contributed by atoms with Gasteiger partial charge in [0, 0.05) is 23.6 Å². The molecule has 6 heteroatoms. The molecule has 0 saturated heterocycles. The molecular formula is C34H40N4O2. The van der Waals surface area contributed by atoms with Crippen molar-refractivity contribution in [3.8, 4) is 5.69 Å². The topological polar surface area (TPSA) is 67.2 Å². The highest BCUT2D eigenvalue weighted by molar-refractivity contribution is 5.99. The van der Waals surface area contributed by atoms with E-state index in [2.05, 4.69) is 33.0 Å². The number of nitrogens with zero attached hydrogens (tertiary/aromatic N) is 3. The van der Waals surface area contributed by atoms with Crippen LogP contribution in [0.15, 0.2) is 84.9 Å². The van der Waals surface area contributed by atoms with Crippen molar-refractivity contribution in [2.24, 2.45) is 0 Å². The second-order valence-corrected chi connectivity index (χ2v) is 11.4. The molecule has 0 saturated carbocycles. The Balaban J connectivity index is 1.60. The summed E-state index contributed by atoms with van der Waals surface area (Å²) in [6, 6.07) is 27.4. The van der Waals surface area contributed by atoms with E-state index < -0.39 is 0 Å². The average molecular weight is 537 g/mol. The molecule has 0 aliphatic heterocycles. The summed E-state index contributed by atoms with van der Waals surface area (Å²) in [4.78, 5) is 28.8. The van der Waals surface area contributed by atoms with E-state index in [1.54, 1.807) is 9.58 Å². The molecular weight excluding hydrogens is 496 g/mol. The minimum atomic E-state index is -0.279. The average Bonchev–Trinajstić information content (AvgIpc) is 3.36. The number of unbranched alkanes of at least 4 members (excludes halogenated alkanes) is 1. The highest BCUT2D eigenvalue weighted by Gasteiger charge is 2.24. The van der Waals surface area contributed by atoms with Crippen molar-refractivity contribution in [1.29, 1.82) is 0 Å². The zero-order valence-corrected chi connectivity index (χ0v) is 24.3. The van der Waals surface area contributed by atoms with E-state index in [9.17, 15) is 9.59 Å². The molecule has 2 amide bonds. The lowest BCUT2D eigenvalue weighted by molar-refractivity contribution is -0.117. The number of hydrogen-bond donors (Lipinski definition) is 1. The van der Waals surface area contributed by atoms with Gasteiger partial charge in [-0.2, -0.15) is 5.10 Å². The Morgan fingerprint density at radius 3 is 2.23 bits per heavy atom. The first-order valence-corrected chi connectivity index (χ1v) is 14.0. The van der Waals surface area contributed by atoms with Crippen LogP contribution in [0.2, 0.25) is 0 Å². The molecule has 0 aliphatic rings. The summed E-state index contributed by atoms with van der Waals surface area (Å²) in [5, 5.41) is 7.90. The van der Waals surface area contributed by atoms with E-state index in [4.69, 9.17) is 5.10 Å². The standard InChI is InChI=1S/C34H40N4O2/c1-6-7-14-26-18-20-28(21-19-26)33(40)37(23-27-15-9-8-10-16-27)24-32(39)35-31-22-30(34(3,4)5)36-38(31)29-17-12-11-13-25(29)2/h8-13,15-22H,6-7,14,23-24H2,1-5H3,(H,35,39). The quantitative estimate of drug-likeness (QED) is 0.235. The van der Waals surface area contributed by atoms with E-state index >= 15 is 0 Å². The van der Waals surface area contributed by atoms with Crippen LogP contribution in [0.25, 0.3) is 5.69 Å². The molecule has 0 spiro atoms. The second-order valence-electron chi connectivity index (χ2n) is 11.4. The van der Waals surface area contributed by atoms with Crippen LogP contribution in [0, 0.1) is 6.92 Å². The number of nitrogens with one attached hydrogen (secondary N) is 1. The summed E-state index contributed by atoms with van der Waals surface area (Å²) in [6.07, 6.45) is 3.23. The summed E-state index contributed by atoms with van der Waals surface area (Å²) >= 11 is 0. The Hall–Kier alpha value is -4.19. The van der Waals surface area contributed by atoms with Crippen LogP contribution in [0.1, 0.15) is 73.3 Å². The molecule has 1 N–H and O–H groups in total. The molecule has 40 heavy (non-hydrogen) atoms. The van der Waals surface area contributed by atoms with Gasteiger partial charge in [0.2, 0.25) is 5.91 Å². The maximum Gasteiger partial charge on any atom is 0.254 e. The van der Waals surface area contributed by atoms with Crippen molar-refractivity contribution in [2.45, 2.75) is 65.8 Å². The monoisotopic (exact) mass is 536 g/mol. The Labute approximate surface area is 238 Å². The summed E-state index contributed by atoms with van der Waals surface area (Å²) in [7, 11) is 0. The fraction of sp³-hybridized carbons (Fsp3) is 0.324. The zero-order chi connectivity index (χ0) is 28.7. The maximum atomic E-state index is 13.7. The van der Waals surface area contributed by atoms with Crippen LogP contribution in [0.4, 0.5) is 5.82 Å². The molecule has 6 nitrogen and oxygen atoms in total. The van der Waals surface area contributed by atoms with Crippen LogP contribution in [0.3, 0.4) is 0 Å². The Kier molecular flexibility index (Phi) is 9.20. The predicted molar refractivity (Wildman–Crippen MR) is 162 cm³/mol. The molecule has 1 heterocycles. The van der Waals surface area contributed by atoms with Crippen LogP contribution in [-0.4, -0.2) is 33.0 Å². The van der Waals surface area contributed by atoms with Gasteiger partial charge in [0.1, 0.15) is 12.4 Å². The van der Waals surface area contributed by atoms with Crippen molar-refractivity contribution in [3.63, 3.8) is 0 Å². The largest absolute Gasteiger partial charge is 0.325 e. The zero-order valence-electron chi connectivity index (χ0n) is 24.3. The Bertz CT molecular complexity index is 1430. The third-order valence-electron chi connectivity index (χ3n) is 6.95. The summed E-state index contributed by atoms with van der Waals surface area (Å²) in [5.74, 6) is 0.125. The molecule has 4 aromatic rings. The predicted octanol–water partition coefficient (Wildman–Crippen LogP) is 7.10. The highest BCUT2D eigenvalue weighted by atomic mass is 16.2. The number of para-hydroxylation sites is 1. The Morgan fingerprint density at radius 1 is 0.900 bits per heavy atom. The molecule has 1 aromatic heterocycles. The fourth-order valence-electron chi connectivity index (χ4n) is 4.56. The lowest BCUT2D eigenvalue weighted by atomic mass is 9.92. The smallest absolute Gasteiger partial charge is 0.254 e. The minimum absolute atomic E-state index is 0.0882. The van der Waals surface area contributed by atoms with E-state index in [1.165, 1.54) is 5.56 Å². The Morgan fingerprint density at radius 2 is 1.57 bits per heavy atom. The van der Waals surface area contributed by atoms with Gasteiger partial charge in [-0.25, -0.2) is 4.68 Å². The number of hydrogen-bond acceptors (Lipinski definition) is 3. The summed E-state index contributed by atoms with van der Waals surface area (Å²) in [5.41, 5.74) is 5.35. The molecule has 0 atom stereocenters. The van der Waals surface area contributed by atoms with Gasteiger partial charge in [-0.1, -0.05) is 94.8 Å². The number of anilines is 1. The lowest BCUT2D eigenvalue weighted by Gasteiger charge is -2.23. The van der Waals surface area contributed by atoms with Crippen LogP contribution < -0.4 is 5.32 Å². The van der Waals surface area contributed by atoms with E-state index in [0.29, 0.717) is 17.9 Å². The first-order chi connectivity index (χ1) is 19.2. The van der Waals surface area contributed by atoms with Crippen LogP contribution >= 0.6 is 0 Å². The van der Waals surface area contributed by atoms with E-state index in [-0.39, 0.29) is 23.8 Å². The molecule has 208 valence electrons. The number of aromatic nitrogens is 2. The van der Waals surface area contributed by atoms with Gasteiger partial charge in [-0.05, 0) is 54.7 Å². The van der Waals surface area contributed by atoms with Crippen molar-refractivity contribution in [2.75, 3.05) is 11.9 Å². The lowest BCUT2D eigenvalue weighted by Crippen LogP contribution is -2.37. The summed E-state index contributed by atoms with van der Waals surface area (Å²) in [6.45, 7) is 10.7. The number of benzene rings is 3. The first-order valence-electron chi connectivity index (χ1n) is 14.0. The van der Waals surface area contributed by atoms with Gasteiger partial charge in [0.25, 0.3) is 5.91 Å². The van der Waals surface area contributed by atoms with Gasteiger partial charge < -0.3 is 10.2 Å². The van der Waals surface area contributed by atoms with Crippen LogP contribution in [-0.2, 0) is 23.2 Å². The molecule has 0 aliphatic carbocycles. The number of aryl methyl sites for hydroxylation is 2. The molecule has 0 fully saturated rings. The third-order valence-corrected chi connectivity index (χ3v) is 6.95. The van der Waals surface area contributed by atoms with Gasteiger partial charge >= 0.3 is 0 Å². The van der Waals surface area contributed by atoms with Crippen molar-refractivity contribution in [3.05, 3.63) is 113 Å². The van der Waals surface area contributed by atoms with E-state index in [1.807, 2.05) is 91.9 Å². The fourth-order valence-corrected chi connectivity index (χ4v) is 4.56. The second kappa shape index (κ2) is 12.8. The minimum Gasteiger partial charge on any atom is -0.325 e. The number of carbonyl (C=O) groups excluding carboxylic acids is 2. The summed E-state index contributed by atoms with van der Waals surface area (Å²) < 4.78 is 1.78. The van der Waals surface area contributed by atoms with Crippen molar-refractivity contribution < 1.29 is 9.59 Å². The maximum absolute atomic E-state index is 13.7. The van der Waals surface area contributed by atoms with Gasteiger partial charge in [0.05, 0.1) is 11.4 Å². The molecule has 4 rings (SSSR count). The van der Waals surface area contributed by atoms with Gasteiger partial charge in [0.15, 0.2) is 0 Å². The number of rotatable bonds is 10. The highest BCUT2D eigenvalue weighted by Crippen LogP contribution is 2.27. The van der Waals surface area contributed by atoms with Gasteiger partial charge in [-0.15, -0.1) is 0 Å².